The van der Waals surface area contributed by atoms with Crippen LogP contribution in [0.15, 0.2) is 24.3 Å². The predicted octanol–water partition coefficient (Wildman–Crippen LogP) is 2.20. The van der Waals surface area contributed by atoms with E-state index in [-0.39, 0.29) is 5.56 Å². The van der Waals surface area contributed by atoms with Crippen LogP contribution in [0.4, 0.5) is 13.2 Å². The molecular weight excluding hydrogens is 281 g/mol. The van der Waals surface area contributed by atoms with Crippen LogP contribution in [0.2, 0.25) is 0 Å². The Labute approximate surface area is 111 Å². The van der Waals surface area contributed by atoms with Crippen LogP contribution in [0.1, 0.15) is 23.2 Å². The van der Waals surface area contributed by atoms with Crippen LogP contribution in [0.25, 0.3) is 0 Å². The number of carbonyl (C=O) groups excluding carboxylic acids is 2. The van der Waals surface area contributed by atoms with Gasteiger partial charge in [0.15, 0.2) is 11.6 Å². The highest BCUT2D eigenvalue weighted by Crippen LogP contribution is 2.23. The van der Waals surface area contributed by atoms with Crippen molar-refractivity contribution in [2.24, 2.45) is 0 Å². The van der Waals surface area contributed by atoms with E-state index in [0.717, 1.165) is 18.2 Å². The number of rotatable bonds is 6. The van der Waals surface area contributed by atoms with Crippen LogP contribution in [0.3, 0.4) is 0 Å². The standard InChI is InChI=1S/C12H9F3O5/c13-12(14,15)20-9-3-1-2-7(4-9)10(17)5-8(16)6-11(18)19/h1-4H,5-6H2,(H,18,19). The fourth-order valence-electron chi connectivity index (χ4n) is 1.38. The molecule has 5 nitrogen and oxygen atoms in total. The van der Waals surface area contributed by atoms with Gasteiger partial charge in [-0.2, -0.15) is 0 Å². The lowest BCUT2D eigenvalue weighted by molar-refractivity contribution is -0.274. The molecule has 1 rings (SSSR count). The molecule has 108 valence electrons. The molecule has 0 saturated carbocycles. The molecule has 0 heterocycles. The van der Waals surface area contributed by atoms with Crippen LogP contribution in [0, 0.1) is 0 Å². The molecule has 0 atom stereocenters. The summed E-state index contributed by atoms with van der Waals surface area (Å²) in [5.74, 6) is -3.57. The molecule has 1 aromatic carbocycles. The number of ketones is 2. The second kappa shape index (κ2) is 6.18. The fraction of sp³-hybridized carbons (Fsp3) is 0.250. The van der Waals surface area contributed by atoms with E-state index in [9.17, 15) is 27.6 Å². The van der Waals surface area contributed by atoms with Crippen molar-refractivity contribution in [3.05, 3.63) is 29.8 Å². The highest BCUT2D eigenvalue weighted by Gasteiger charge is 2.31. The van der Waals surface area contributed by atoms with Gasteiger partial charge in [-0.25, -0.2) is 0 Å². The average Bonchev–Trinajstić information content (AvgIpc) is 2.25. The third-order valence-corrected chi connectivity index (χ3v) is 2.10. The van der Waals surface area contributed by atoms with Crippen molar-refractivity contribution in [3.8, 4) is 5.75 Å². The van der Waals surface area contributed by atoms with Gasteiger partial charge >= 0.3 is 12.3 Å². The number of alkyl halides is 3. The van der Waals surface area contributed by atoms with Crippen molar-refractivity contribution >= 4 is 17.5 Å². The second-order valence-corrected chi connectivity index (χ2v) is 3.78. The van der Waals surface area contributed by atoms with E-state index < -0.39 is 42.5 Å². The Hall–Kier alpha value is -2.38. The molecule has 0 spiro atoms. The van der Waals surface area contributed by atoms with E-state index in [1.54, 1.807) is 0 Å². The van der Waals surface area contributed by atoms with Crippen LogP contribution >= 0.6 is 0 Å². The molecular formula is C12H9F3O5. The van der Waals surface area contributed by atoms with Gasteiger partial charge in [-0.3, -0.25) is 14.4 Å². The Balaban J connectivity index is 2.76. The van der Waals surface area contributed by atoms with Gasteiger partial charge in [-0.15, -0.1) is 13.2 Å². The first kappa shape index (κ1) is 15.7. The number of hydrogen-bond acceptors (Lipinski definition) is 4. The average molecular weight is 290 g/mol. The first-order chi connectivity index (χ1) is 9.17. The predicted molar refractivity (Wildman–Crippen MR) is 59.3 cm³/mol. The van der Waals surface area contributed by atoms with E-state index in [2.05, 4.69) is 4.74 Å². The van der Waals surface area contributed by atoms with E-state index in [4.69, 9.17) is 5.11 Å². The number of carboxylic acids is 1. The van der Waals surface area contributed by atoms with Crippen molar-refractivity contribution in [2.75, 3.05) is 0 Å². The molecule has 0 amide bonds. The topological polar surface area (TPSA) is 80.7 Å². The zero-order chi connectivity index (χ0) is 15.3. The van der Waals surface area contributed by atoms with Crippen molar-refractivity contribution < 1.29 is 37.4 Å². The fourth-order valence-corrected chi connectivity index (χ4v) is 1.38. The van der Waals surface area contributed by atoms with Crippen molar-refractivity contribution in [1.82, 2.24) is 0 Å². The Morgan fingerprint density at radius 1 is 1.15 bits per heavy atom. The number of benzene rings is 1. The minimum Gasteiger partial charge on any atom is -0.481 e. The normalized spacial score (nSPS) is 10.9. The summed E-state index contributed by atoms with van der Waals surface area (Å²) in [7, 11) is 0. The maximum absolute atomic E-state index is 12.0. The van der Waals surface area contributed by atoms with E-state index >= 15 is 0 Å². The molecule has 0 aliphatic carbocycles. The van der Waals surface area contributed by atoms with Gasteiger partial charge in [0.2, 0.25) is 0 Å². The molecule has 0 saturated heterocycles. The number of aliphatic carboxylic acids is 1. The smallest absolute Gasteiger partial charge is 0.481 e. The number of ether oxygens (including phenoxy) is 1. The van der Waals surface area contributed by atoms with Gasteiger partial charge in [-0.1, -0.05) is 12.1 Å². The van der Waals surface area contributed by atoms with Crippen LogP contribution in [-0.2, 0) is 9.59 Å². The molecule has 0 radical (unpaired) electrons. The lowest BCUT2D eigenvalue weighted by Crippen LogP contribution is -2.17. The lowest BCUT2D eigenvalue weighted by atomic mass is 10.0. The monoisotopic (exact) mass is 290 g/mol. The summed E-state index contributed by atoms with van der Waals surface area (Å²) < 4.78 is 39.6. The zero-order valence-electron chi connectivity index (χ0n) is 9.94. The SMILES string of the molecule is O=C(O)CC(=O)CC(=O)c1cccc(OC(F)(F)F)c1. The molecule has 8 heteroatoms. The van der Waals surface area contributed by atoms with Gasteiger partial charge in [0.05, 0.1) is 6.42 Å². The number of carboxylic acid groups (broad SMARTS) is 1. The van der Waals surface area contributed by atoms with Crippen LogP contribution < -0.4 is 4.74 Å². The van der Waals surface area contributed by atoms with Gasteiger partial charge in [0.25, 0.3) is 0 Å². The summed E-state index contributed by atoms with van der Waals surface area (Å²) in [6.07, 6.45) is -6.40. The van der Waals surface area contributed by atoms with Gasteiger partial charge in [0, 0.05) is 5.56 Å². The first-order valence-corrected chi connectivity index (χ1v) is 5.30. The first-order valence-electron chi connectivity index (χ1n) is 5.30. The summed E-state index contributed by atoms with van der Waals surface area (Å²) >= 11 is 0. The minimum absolute atomic E-state index is 0.162. The Morgan fingerprint density at radius 3 is 2.35 bits per heavy atom. The largest absolute Gasteiger partial charge is 0.573 e. The minimum atomic E-state index is -4.89. The van der Waals surface area contributed by atoms with Crippen molar-refractivity contribution in [2.45, 2.75) is 19.2 Å². The van der Waals surface area contributed by atoms with E-state index in [0.29, 0.717) is 0 Å². The van der Waals surface area contributed by atoms with Crippen LogP contribution in [-0.4, -0.2) is 29.0 Å². The lowest BCUT2D eigenvalue weighted by Gasteiger charge is -2.09. The zero-order valence-corrected chi connectivity index (χ0v) is 9.94. The molecule has 20 heavy (non-hydrogen) atoms. The Kier molecular flexibility index (Phi) is 4.84. The summed E-state index contributed by atoms with van der Waals surface area (Å²) in [4.78, 5) is 33.0. The molecule has 0 fully saturated rings. The van der Waals surface area contributed by atoms with Gasteiger partial charge < -0.3 is 9.84 Å². The summed E-state index contributed by atoms with van der Waals surface area (Å²) in [6, 6.07) is 4.21. The van der Waals surface area contributed by atoms with E-state index in [1.807, 2.05) is 0 Å². The second-order valence-electron chi connectivity index (χ2n) is 3.78. The third kappa shape index (κ3) is 5.51. The number of Topliss-reactive ketones (excluding diaryl/α,β-unsaturated/α-hetero) is 2. The Morgan fingerprint density at radius 2 is 1.80 bits per heavy atom. The van der Waals surface area contributed by atoms with Gasteiger partial charge in [-0.05, 0) is 12.1 Å². The summed E-state index contributed by atoms with van der Waals surface area (Å²) in [5.41, 5.74) is -0.162. The summed E-state index contributed by atoms with van der Waals surface area (Å²) in [5, 5.41) is 8.36. The quantitative estimate of drug-likeness (QED) is 0.641. The van der Waals surface area contributed by atoms with Gasteiger partial charge in [0.1, 0.15) is 12.2 Å². The molecule has 0 unspecified atom stereocenters. The van der Waals surface area contributed by atoms with Crippen LogP contribution in [0.5, 0.6) is 5.75 Å². The Bertz CT molecular complexity index is 536. The maximum Gasteiger partial charge on any atom is 0.573 e. The maximum atomic E-state index is 12.0. The molecule has 0 bridgehead atoms. The summed E-state index contributed by atoms with van der Waals surface area (Å²) in [6.45, 7) is 0. The molecule has 0 aliphatic rings. The third-order valence-electron chi connectivity index (χ3n) is 2.10. The molecule has 0 aromatic heterocycles. The number of carbonyl (C=O) groups is 3. The van der Waals surface area contributed by atoms with E-state index in [1.165, 1.54) is 6.07 Å². The molecule has 1 N–H and O–H groups in total. The highest BCUT2D eigenvalue weighted by molar-refractivity contribution is 6.11. The van der Waals surface area contributed by atoms with Crippen molar-refractivity contribution in [3.63, 3.8) is 0 Å². The number of halogens is 3. The number of hydrogen-bond donors (Lipinski definition) is 1. The highest BCUT2D eigenvalue weighted by atomic mass is 19.4. The van der Waals surface area contributed by atoms with Crippen molar-refractivity contribution in [1.29, 1.82) is 0 Å². The molecule has 1 aromatic rings. The molecule has 0 aliphatic heterocycles.